The first-order valence-electron chi connectivity index (χ1n) is 6.74. The van der Waals surface area contributed by atoms with Gasteiger partial charge in [-0.3, -0.25) is 0 Å². The minimum absolute atomic E-state index is 0.436. The Morgan fingerprint density at radius 3 is 2.81 bits per heavy atom. The van der Waals surface area contributed by atoms with E-state index in [1.165, 1.54) is 0 Å². The van der Waals surface area contributed by atoms with Gasteiger partial charge in [0, 0.05) is 12.0 Å². The van der Waals surface area contributed by atoms with Gasteiger partial charge in [0.25, 0.3) is 0 Å². The number of anilines is 1. The van der Waals surface area contributed by atoms with Crippen LogP contribution < -0.4 is 10.5 Å². The van der Waals surface area contributed by atoms with Crippen molar-refractivity contribution >= 4 is 21.7 Å². The van der Waals surface area contributed by atoms with E-state index in [1.807, 2.05) is 22.8 Å². The number of imidazole rings is 1. The van der Waals surface area contributed by atoms with Gasteiger partial charge in [-0.25, -0.2) is 4.98 Å². The molecular weight excluding hydrogens is 330 g/mol. The number of nitrogens with zero attached hydrogens (tertiary/aromatic N) is 2. The molecule has 0 fully saturated rings. The Morgan fingerprint density at radius 2 is 2.24 bits per heavy atom. The summed E-state index contributed by atoms with van der Waals surface area (Å²) in [7, 11) is 1.63. The van der Waals surface area contributed by atoms with E-state index in [0.717, 1.165) is 40.1 Å². The van der Waals surface area contributed by atoms with Crippen LogP contribution in [-0.4, -0.2) is 16.7 Å². The van der Waals surface area contributed by atoms with Gasteiger partial charge in [-0.2, -0.15) is 0 Å². The summed E-state index contributed by atoms with van der Waals surface area (Å²) in [5, 5.41) is 0. The predicted molar refractivity (Wildman–Crippen MR) is 89.2 cm³/mol. The van der Waals surface area contributed by atoms with Crippen LogP contribution in [0.15, 0.2) is 22.7 Å². The molecule has 0 amide bonds. The number of nitrogens with two attached hydrogens (primary N) is 1. The van der Waals surface area contributed by atoms with Crippen molar-refractivity contribution in [3.8, 4) is 29.4 Å². The van der Waals surface area contributed by atoms with E-state index < -0.39 is 0 Å². The third kappa shape index (κ3) is 3.06. The van der Waals surface area contributed by atoms with E-state index in [9.17, 15) is 0 Å². The van der Waals surface area contributed by atoms with Crippen molar-refractivity contribution in [1.29, 1.82) is 0 Å². The molecule has 21 heavy (non-hydrogen) atoms. The molecule has 0 aliphatic rings. The van der Waals surface area contributed by atoms with E-state index >= 15 is 0 Å². The minimum atomic E-state index is 0.436. The number of benzene rings is 1. The number of hydrogen-bond acceptors (Lipinski definition) is 3. The van der Waals surface area contributed by atoms with Crippen LogP contribution in [0.5, 0.6) is 5.75 Å². The minimum Gasteiger partial charge on any atom is -0.496 e. The van der Waals surface area contributed by atoms with Crippen molar-refractivity contribution in [3.05, 3.63) is 28.5 Å². The fraction of sp³-hybridized carbons (Fsp3) is 0.312. The molecule has 2 N–H and O–H groups in total. The van der Waals surface area contributed by atoms with Crippen molar-refractivity contribution in [3.63, 3.8) is 0 Å². The Labute approximate surface area is 133 Å². The number of terminal acetylenes is 1. The average molecular weight is 348 g/mol. The third-order valence-corrected chi connectivity index (χ3v) is 3.85. The van der Waals surface area contributed by atoms with Gasteiger partial charge in [-0.15, -0.1) is 6.42 Å². The highest BCUT2D eigenvalue weighted by atomic mass is 79.9. The van der Waals surface area contributed by atoms with Crippen LogP contribution in [0.1, 0.15) is 19.2 Å². The first-order valence-corrected chi connectivity index (χ1v) is 7.53. The maximum Gasteiger partial charge on any atom is 0.133 e. The van der Waals surface area contributed by atoms with Crippen molar-refractivity contribution in [2.75, 3.05) is 12.8 Å². The maximum atomic E-state index is 6.23. The van der Waals surface area contributed by atoms with Gasteiger partial charge in [-0.05, 0) is 40.5 Å². The molecule has 0 aliphatic carbocycles. The van der Waals surface area contributed by atoms with E-state index in [2.05, 4.69) is 33.8 Å². The normalized spacial score (nSPS) is 10.4. The van der Waals surface area contributed by atoms with Gasteiger partial charge in [0.15, 0.2) is 0 Å². The second kappa shape index (κ2) is 6.68. The Morgan fingerprint density at radius 1 is 1.48 bits per heavy atom. The lowest BCUT2D eigenvalue weighted by molar-refractivity contribution is 0.412. The molecule has 5 heteroatoms. The molecule has 1 aromatic heterocycles. The fourth-order valence-corrected chi connectivity index (χ4v) is 2.76. The first kappa shape index (κ1) is 15.5. The molecule has 0 bridgehead atoms. The van der Waals surface area contributed by atoms with E-state index in [0.29, 0.717) is 12.4 Å². The van der Waals surface area contributed by atoms with Gasteiger partial charge in [0.05, 0.1) is 18.1 Å². The largest absolute Gasteiger partial charge is 0.496 e. The number of nitrogen functional groups attached to an aromatic ring is 1. The zero-order valence-corrected chi connectivity index (χ0v) is 13.8. The number of halogens is 1. The highest BCUT2D eigenvalue weighted by Crippen LogP contribution is 2.33. The number of rotatable bonds is 5. The SMILES string of the molecule is C#CCn1c(CCC)nc(-c2ccc(OC)c(Br)c2)c1N. The number of methoxy groups -OCH3 is 1. The molecule has 0 aliphatic heterocycles. The molecule has 1 aromatic carbocycles. The lowest BCUT2D eigenvalue weighted by atomic mass is 10.1. The second-order valence-corrected chi connectivity index (χ2v) is 5.51. The summed E-state index contributed by atoms with van der Waals surface area (Å²) in [4.78, 5) is 4.67. The molecule has 0 spiro atoms. The quantitative estimate of drug-likeness (QED) is 0.842. The van der Waals surface area contributed by atoms with Gasteiger partial charge >= 0.3 is 0 Å². The van der Waals surface area contributed by atoms with Crippen LogP contribution in [0.3, 0.4) is 0 Å². The summed E-state index contributed by atoms with van der Waals surface area (Å²) < 4.78 is 8.01. The van der Waals surface area contributed by atoms with Crippen LogP contribution in [0.2, 0.25) is 0 Å². The smallest absolute Gasteiger partial charge is 0.133 e. The van der Waals surface area contributed by atoms with Crippen molar-refractivity contribution in [2.24, 2.45) is 0 Å². The monoisotopic (exact) mass is 347 g/mol. The number of aryl methyl sites for hydroxylation is 1. The van der Waals surface area contributed by atoms with Gasteiger partial charge < -0.3 is 15.0 Å². The molecule has 0 unspecified atom stereocenters. The Kier molecular flexibility index (Phi) is 4.92. The Bertz CT molecular complexity index is 686. The Balaban J connectivity index is 2.51. The summed E-state index contributed by atoms with van der Waals surface area (Å²) in [6.45, 7) is 2.54. The molecule has 4 nitrogen and oxygen atoms in total. The van der Waals surface area contributed by atoms with Gasteiger partial charge in [-0.1, -0.05) is 12.8 Å². The lowest BCUT2D eigenvalue weighted by Crippen LogP contribution is -2.06. The number of hydrogen-bond donors (Lipinski definition) is 1. The number of ether oxygens (including phenoxy) is 1. The van der Waals surface area contributed by atoms with Gasteiger partial charge in [0.2, 0.25) is 0 Å². The molecule has 2 rings (SSSR count). The molecule has 0 radical (unpaired) electrons. The van der Waals surface area contributed by atoms with Crippen LogP contribution in [0.4, 0.5) is 5.82 Å². The Hall–Kier alpha value is -1.93. The highest BCUT2D eigenvalue weighted by Gasteiger charge is 2.16. The zero-order chi connectivity index (χ0) is 15.4. The number of aromatic nitrogens is 2. The summed E-state index contributed by atoms with van der Waals surface area (Å²) >= 11 is 3.48. The molecule has 0 atom stereocenters. The van der Waals surface area contributed by atoms with Crippen LogP contribution in [0, 0.1) is 12.3 Å². The highest BCUT2D eigenvalue weighted by molar-refractivity contribution is 9.10. The maximum absolute atomic E-state index is 6.23. The topological polar surface area (TPSA) is 53.1 Å². The van der Waals surface area contributed by atoms with Crippen molar-refractivity contribution in [1.82, 2.24) is 9.55 Å². The van der Waals surface area contributed by atoms with Crippen LogP contribution >= 0.6 is 15.9 Å². The van der Waals surface area contributed by atoms with Crippen LogP contribution in [0.25, 0.3) is 11.3 Å². The van der Waals surface area contributed by atoms with E-state index in [1.54, 1.807) is 7.11 Å². The molecular formula is C16H18BrN3O. The molecule has 0 saturated carbocycles. The first-order chi connectivity index (χ1) is 10.1. The third-order valence-electron chi connectivity index (χ3n) is 3.23. The fourth-order valence-electron chi connectivity index (χ4n) is 2.22. The predicted octanol–water partition coefficient (Wildman–Crippen LogP) is 3.49. The van der Waals surface area contributed by atoms with Gasteiger partial charge in [0.1, 0.15) is 23.1 Å². The summed E-state index contributed by atoms with van der Waals surface area (Å²) in [5.74, 6) is 4.94. The van der Waals surface area contributed by atoms with E-state index in [4.69, 9.17) is 16.9 Å². The summed E-state index contributed by atoms with van der Waals surface area (Å²) in [6.07, 6.45) is 7.27. The molecule has 1 heterocycles. The van der Waals surface area contributed by atoms with Crippen molar-refractivity contribution < 1.29 is 4.74 Å². The summed E-state index contributed by atoms with van der Waals surface area (Å²) in [6, 6.07) is 5.78. The summed E-state index contributed by atoms with van der Waals surface area (Å²) in [5.41, 5.74) is 7.93. The zero-order valence-electron chi connectivity index (χ0n) is 12.2. The molecule has 0 saturated heterocycles. The van der Waals surface area contributed by atoms with Crippen molar-refractivity contribution in [2.45, 2.75) is 26.3 Å². The lowest BCUT2D eigenvalue weighted by Gasteiger charge is -2.06. The molecule has 2 aromatic rings. The standard InChI is InChI=1S/C16H18BrN3O/c1-4-6-14-19-15(16(18)20(14)9-5-2)11-7-8-13(21-3)12(17)10-11/h2,7-8,10H,4,6,9,18H2,1,3H3. The molecule has 110 valence electrons. The van der Waals surface area contributed by atoms with E-state index in [-0.39, 0.29) is 0 Å². The second-order valence-electron chi connectivity index (χ2n) is 4.65. The average Bonchev–Trinajstić information content (AvgIpc) is 2.77. The van der Waals surface area contributed by atoms with Crippen LogP contribution in [-0.2, 0) is 13.0 Å².